The molecular formula is C18H19F3N4O3. The van der Waals surface area contributed by atoms with E-state index < -0.39 is 12.1 Å². The molecule has 0 saturated carbocycles. The number of hydrogen-bond donors (Lipinski definition) is 0. The van der Waals surface area contributed by atoms with Crippen molar-refractivity contribution in [3.05, 3.63) is 41.7 Å². The number of amides is 1. The number of halogens is 3. The molecule has 2 heterocycles. The molecule has 0 spiro atoms. The number of carbonyl (C=O) groups is 1. The van der Waals surface area contributed by atoms with Crippen LogP contribution in [-0.2, 0) is 0 Å². The highest BCUT2D eigenvalue weighted by molar-refractivity contribution is 5.94. The molecule has 150 valence electrons. The van der Waals surface area contributed by atoms with Crippen LogP contribution < -0.4 is 14.4 Å². The van der Waals surface area contributed by atoms with Crippen molar-refractivity contribution < 1.29 is 27.4 Å². The predicted molar refractivity (Wildman–Crippen MR) is 94.6 cm³/mol. The number of carbonyl (C=O) groups excluding carboxylic acids is 1. The molecule has 10 heteroatoms. The molecule has 1 aliphatic rings. The Bertz CT molecular complexity index is 852. The van der Waals surface area contributed by atoms with Gasteiger partial charge in [0.1, 0.15) is 17.4 Å². The largest absolute Gasteiger partial charge is 0.573 e. The first kappa shape index (κ1) is 19.7. The van der Waals surface area contributed by atoms with E-state index in [2.05, 4.69) is 14.7 Å². The fraction of sp³-hybridized carbons (Fsp3) is 0.389. The van der Waals surface area contributed by atoms with Crippen molar-refractivity contribution in [3.8, 4) is 11.6 Å². The molecule has 1 fully saturated rings. The van der Waals surface area contributed by atoms with Gasteiger partial charge < -0.3 is 19.3 Å². The predicted octanol–water partition coefficient (Wildman–Crippen LogP) is 2.65. The summed E-state index contributed by atoms with van der Waals surface area (Å²) in [5.74, 6) is 0.984. The molecule has 3 rings (SSSR count). The smallest absolute Gasteiger partial charge is 0.481 e. The molecule has 0 N–H and O–H groups in total. The van der Waals surface area contributed by atoms with Crippen LogP contribution >= 0.6 is 0 Å². The molecule has 0 bridgehead atoms. The fourth-order valence-corrected chi connectivity index (χ4v) is 2.94. The van der Waals surface area contributed by atoms with Gasteiger partial charge >= 0.3 is 6.36 Å². The molecule has 7 nitrogen and oxygen atoms in total. The van der Waals surface area contributed by atoms with Crippen molar-refractivity contribution in [2.24, 2.45) is 0 Å². The Kier molecular flexibility index (Phi) is 5.57. The maximum absolute atomic E-state index is 12.6. The molecule has 28 heavy (non-hydrogen) atoms. The first-order chi connectivity index (χ1) is 13.2. The van der Waals surface area contributed by atoms with Crippen LogP contribution in [-0.4, -0.2) is 60.4 Å². The van der Waals surface area contributed by atoms with Gasteiger partial charge in [-0.2, -0.15) is 4.98 Å². The second kappa shape index (κ2) is 7.91. The highest BCUT2D eigenvalue weighted by Gasteiger charge is 2.31. The average Bonchev–Trinajstić information content (AvgIpc) is 2.66. The number of nitrogens with zero attached hydrogens (tertiary/aromatic N) is 4. The molecule has 2 aromatic rings. The minimum atomic E-state index is -4.80. The summed E-state index contributed by atoms with van der Waals surface area (Å²) in [5.41, 5.74) is 0.148. The Hall–Kier alpha value is -3.04. The zero-order valence-electron chi connectivity index (χ0n) is 15.4. The third-order valence-electron chi connectivity index (χ3n) is 4.22. The van der Waals surface area contributed by atoms with Crippen molar-refractivity contribution in [2.75, 3.05) is 38.2 Å². The average molecular weight is 396 g/mol. The second-order valence-corrected chi connectivity index (χ2v) is 6.17. The highest BCUT2D eigenvalue weighted by atomic mass is 19.4. The van der Waals surface area contributed by atoms with Crippen molar-refractivity contribution in [2.45, 2.75) is 13.3 Å². The van der Waals surface area contributed by atoms with Crippen molar-refractivity contribution in [3.63, 3.8) is 0 Å². The quantitative estimate of drug-likeness (QED) is 0.792. The maximum Gasteiger partial charge on any atom is 0.573 e. The summed E-state index contributed by atoms with van der Waals surface area (Å²) in [6.45, 7) is 3.65. The number of piperazine rings is 1. The van der Waals surface area contributed by atoms with Crippen molar-refractivity contribution >= 4 is 11.7 Å². The lowest BCUT2D eigenvalue weighted by Gasteiger charge is -2.35. The van der Waals surface area contributed by atoms with Crippen LogP contribution in [0.1, 0.15) is 16.2 Å². The molecule has 1 aromatic carbocycles. The molecular weight excluding hydrogens is 377 g/mol. The van der Waals surface area contributed by atoms with E-state index >= 15 is 0 Å². The van der Waals surface area contributed by atoms with Crippen LogP contribution in [0.25, 0.3) is 0 Å². The van der Waals surface area contributed by atoms with Crippen LogP contribution in [0.5, 0.6) is 11.6 Å². The second-order valence-electron chi connectivity index (χ2n) is 6.17. The van der Waals surface area contributed by atoms with E-state index in [4.69, 9.17) is 4.74 Å². The molecule has 1 aromatic heterocycles. The van der Waals surface area contributed by atoms with E-state index in [9.17, 15) is 18.0 Å². The Labute approximate surface area is 159 Å². The summed E-state index contributed by atoms with van der Waals surface area (Å²) < 4.78 is 46.2. The lowest BCUT2D eigenvalue weighted by molar-refractivity contribution is -0.274. The third kappa shape index (κ3) is 4.81. The fourth-order valence-electron chi connectivity index (χ4n) is 2.94. The minimum absolute atomic E-state index is 0.148. The van der Waals surface area contributed by atoms with Gasteiger partial charge in [-0.1, -0.05) is 6.07 Å². The normalized spacial score (nSPS) is 14.8. The van der Waals surface area contributed by atoms with Crippen LogP contribution in [0.3, 0.4) is 0 Å². The van der Waals surface area contributed by atoms with Gasteiger partial charge in [-0.25, -0.2) is 4.98 Å². The first-order valence-corrected chi connectivity index (χ1v) is 8.55. The molecule has 0 unspecified atom stereocenters. The van der Waals surface area contributed by atoms with Crippen molar-refractivity contribution in [1.29, 1.82) is 0 Å². The summed E-state index contributed by atoms with van der Waals surface area (Å²) >= 11 is 0. The molecule has 1 saturated heterocycles. The first-order valence-electron chi connectivity index (χ1n) is 8.55. The van der Waals surface area contributed by atoms with Gasteiger partial charge in [-0.05, 0) is 25.1 Å². The van der Waals surface area contributed by atoms with Gasteiger partial charge in [-0.15, -0.1) is 13.2 Å². The lowest BCUT2D eigenvalue weighted by Crippen LogP contribution is -2.49. The summed E-state index contributed by atoms with van der Waals surface area (Å²) in [6.07, 6.45) is -4.80. The number of alkyl halides is 3. The van der Waals surface area contributed by atoms with Crippen molar-refractivity contribution in [1.82, 2.24) is 14.9 Å². The van der Waals surface area contributed by atoms with E-state index in [-0.39, 0.29) is 11.5 Å². The SMILES string of the molecule is COc1cc(N2CCN(C(=O)c3cccc(OC(F)(F)F)c3)CC2)nc(C)n1. The zero-order chi connectivity index (χ0) is 20.3. The number of ether oxygens (including phenoxy) is 2. The molecule has 0 atom stereocenters. The van der Waals surface area contributed by atoms with Crippen LogP contribution in [0.15, 0.2) is 30.3 Å². The van der Waals surface area contributed by atoms with Crippen LogP contribution in [0.2, 0.25) is 0 Å². The van der Waals surface area contributed by atoms with Crippen LogP contribution in [0.4, 0.5) is 19.0 Å². The van der Waals surface area contributed by atoms with Gasteiger partial charge in [0.05, 0.1) is 7.11 Å². The number of anilines is 1. The topological polar surface area (TPSA) is 67.8 Å². The van der Waals surface area contributed by atoms with Gasteiger partial charge in [0, 0.05) is 37.8 Å². The van der Waals surface area contributed by atoms with Gasteiger partial charge in [0.15, 0.2) is 0 Å². The zero-order valence-corrected chi connectivity index (χ0v) is 15.4. The number of benzene rings is 1. The highest BCUT2D eigenvalue weighted by Crippen LogP contribution is 2.24. The van der Waals surface area contributed by atoms with Crippen LogP contribution in [0, 0.1) is 6.92 Å². The number of aromatic nitrogens is 2. The minimum Gasteiger partial charge on any atom is -0.481 e. The summed E-state index contributed by atoms with van der Waals surface area (Å²) in [6, 6.07) is 6.81. The van der Waals surface area contributed by atoms with E-state index in [1.54, 1.807) is 17.9 Å². The number of rotatable bonds is 4. The summed E-state index contributed by atoms with van der Waals surface area (Å²) in [7, 11) is 1.53. The lowest BCUT2D eigenvalue weighted by atomic mass is 10.1. The Morgan fingerprint density at radius 2 is 1.82 bits per heavy atom. The Morgan fingerprint density at radius 1 is 1.11 bits per heavy atom. The van der Waals surface area contributed by atoms with E-state index in [0.717, 1.165) is 12.1 Å². The monoisotopic (exact) mass is 396 g/mol. The summed E-state index contributed by atoms with van der Waals surface area (Å²) in [4.78, 5) is 24.8. The third-order valence-corrected chi connectivity index (χ3v) is 4.22. The molecule has 1 amide bonds. The van der Waals surface area contributed by atoms with Gasteiger partial charge in [0.25, 0.3) is 5.91 Å². The van der Waals surface area contributed by atoms with Gasteiger partial charge in [0.2, 0.25) is 5.88 Å². The van der Waals surface area contributed by atoms with E-state index in [0.29, 0.717) is 43.7 Å². The standard InChI is InChI=1S/C18H19F3N4O3/c1-12-22-15(11-16(23-12)27-2)24-6-8-25(9-7-24)17(26)13-4-3-5-14(10-13)28-18(19,20)21/h3-5,10-11H,6-9H2,1-2H3. The number of aryl methyl sites for hydroxylation is 1. The molecule has 0 aliphatic carbocycles. The van der Waals surface area contributed by atoms with E-state index in [1.807, 2.05) is 4.90 Å². The number of methoxy groups -OCH3 is 1. The van der Waals surface area contributed by atoms with Gasteiger partial charge in [-0.3, -0.25) is 4.79 Å². The van der Waals surface area contributed by atoms with E-state index in [1.165, 1.54) is 19.2 Å². The number of hydrogen-bond acceptors (Lipinski definition) is 6. The summed E-state index contributed by atoms with van der Waals surface area (Å²) in [5, 5.41) is 0. The Morgan fingerprint density at radius 3 is 2.46 bits per heavy atom. The Balaban J connectivity index is 1.66. The molecule has 1 aliphatic heterocycles. The maximum atomic E-state index is 12.6. The molecule has 0 radical (unpaired) electrons.